The van der Waals surface area contributed by atoms with Crippen LogP contribution in [0.3, 0.4) is 0 Å². The smallest absolute Gasteiger partial charge is 0.259 e. The van der Waals surface area contributed by atoms with Gasteiger partial charge in [-0.2, -0.15) is 5.26 Å². The van der Waals surface area contributed by atoms with Crippen LogP contribution in [-0.4, -0.2) is 45.3 Å². The summed E-state index contributed by atoms with van der Waals surface area (Å²) >= 11 is 0. The minimum atomic E-state index is -0.960. The van der Waals surface area contributed by atoms with Crippen molar-refractivity contribution in [1.82, 2.24) is 0 Å². The first-order valence-electron chi connectivity index (χ1n) is 19.6. The number of aromatic hydroxyl groups is 2. The Kier molecular flexibility index (Phi) is 13.5. The fraction of sp³-hybridized carbons (Fsp3) is 0.140. The summed E-state index contributed by atoms with van der Waals surface area (Å²) in [6.45, 7) is 4.37. The maximum atomic E-state index is 13.3. The zero-order valence-electron chi connectivity index (χ0n) is 34.1. The molecule has 6 rings (SSSR count). The first kappa shape index (κ1) is 43.4. The number of Topliss-reactive ketones (excluding diaryl/α,β-unsaturated/α-hetero) is 3. The van der Waals surface area contributed by atoms with E-state index in [1.165, 1.54) is 62.4 Å². The molecule has 0 saturated heterocycles. The zero-order valence-corrected chi connectivity index (χ0v) is 34.1. The molecular weight excluding hydrogens is 785 g/mol. The second-order valence-electron chi connectivity index (χ2n) is 14.7. The number of ketones is 3. The van der Waals surface area contributed by atoms with Gasteiger partial charge in [0.1, 0.15) is 11.5 Å². The minimum absolute atomic E-state index is 0.0688. The topological polar surface area (TPSA) is 203 Å². The Morgan fingerprint density at radius 3 is 1.81 bits per heavy atom. The summed E-state index contributed by atoms with van der Waals surface area (Å²) in [4.78, 5) is 77.6. The van der Waals surface area contributed by atoms with Crippen LogP contribution in [0.15, 0.2) is 127 Å². The Balaban J connectivity index is 1.03. The van der Waals surface area contributed by atoms with Crippen molar-refractivity contribution in [3.05, 3.63) is 172 Å². The molecule has 5 N–H and O–H groups in total. The van der Waals surface area contributed by atoms with E-state index >= 15 is 0 Å². The lowest BCUT2D eigenvalue weighted by Crippen LogP contribution is -2.25. The molecule has 0 fully saturated rings. The molecule has 0 bridgehead atoms. The molecule has 6 aromatic rings. The van der Waals surface area contributed by atoms with Gasteiger partial charge in [-0.15, -0.1) is 0 Å². The quantitative estimate of drug-likeness (QED) is 0.0625. The van der Waals surface area contributed by atoms with Crippen molar-refractivity contribution in [3.63, 3.8) is 0 Å². The van der Waals surface area contributed by atoms with Gasteiger partial charge in [-0.05, 0) is 92.1 Å². The van der Waals surface area contributed by atoms with E-state index in [9.17, 15) is 44.2 Å². The summed E-state index contributed by atoms with van der Waals surface area (Å²) in [5, 5.41) is 38.8. The van der Waals surface area contributed by atoms with Crippen molar-refractivity contribution in [2.45, 2.75) is 40.0 Å². The molecule has 1 atom stereocenters. The van der Waals surface area contributed by atoms with Gasteiger partial charge >= 0.3 is 0 Å². The summed E-state index contributed by atoms with van der Waals surface area (Å²) in [6.07, 6.45) is -0.301. The van der Waals surface area contributed by atoms with Gasteiger partial charge < -0.3 is 26.2 Å². The van der Waals surface area contributed by atoms with E-state index in [0.29, 0.717) is 16.8 Å². The molecule has 0 saturated carbocycles. The highest BCUT2D eigenvalue weighted by Gasteiger charge is 2.24. The average Bonchev–Trinajstić information content (AvgIpc) is 3.27. The van der Waals surface area contributed by atoms with Crippen LogP contribution in [0.5, 0.6) is 11.5 Å². The first-order chi connectivity index (χ1) is 29.7. The van der Waals surface area contributed by atoms with E-state index in [0.717, 1.165) is 16.7 Å². The number of nitrogens with zero attached hydrogens (tertiary/aromatic N) is 1. The van der Waals surface area contributed by atoms with Crippen LogP contribution < -0.4 is 16.0 Å². The van der Waals surface area contributed by atoms with Gasteiger partial charge in [-0.25, -0.2) is 0 Å². The molecule has 3 amide bonds. The Morgan fingerprint density at radius 2 is 1.18 bits per heavy atom. The lowest BCUT2D eigenvalue weighted by molar-refractivity contribution is -0.119. The molecule has 12 heteroatoms. The number of carbonyl (C=O) groups excluding carboxylic acids is 6. The Bertz CT molecular complexity index is 2760. The van der Waals surface area contributed by atoms with Crippen molar-refractivity contribution in [3.8, 4) is 28.7 Å². The fourth-order valence-electron chi connectivity index (χ4n) is 6.78. The van der Waals surface area contributed by atoms with Gasteiger partial charge in [0, 0.05) is 64.1 Å². The Morgan fingerprint density at radius 1 is 0.597 bits per heavy atom. The number of benzene rings is 6. The zero-order chi connectivity index (χ0) is 44.5. The van der Waals surface area contributed by atoms with E-state index in [2.05, 4.69) is 16.0 Å². The van der Waals surface area contributed by atoms with Crippen molar-refractivity contribution < 1.29 is 39.0 Å². The maximum absolute atomic E-state index is 13.3. The second kappa shape index (κ2) is 19.3. The summed E-state index contributed by atoms with van der Waals surface area (Å²) in [5.41, 5.74) is 5.12. The molecule has 6 aromatic carbocycles. The van der Waals surface area contributed by atoms with Crippen LogP contribution in [0.1, 0.15) is 88.2 Å². The SMILES string of the molecule is CC(=O)c1ccc(NC(=O)c2ccc(NC(=O)c3ccc(NC(=O)C(CC#N)CC(=O)c4ccc(CC(=O)c5cccc(-c6ccccc6)c5)cc4)cc3)c(C)c2O)c(C)c1O. The van der Waals surface area contributed by atoms with Gasteiger partial charge in [-0.1, -0.05) is 72.8 Å². The number of hydrogen-bond donors (Lipinski definition) is 5. The molecule has 310 valence electrons. The summed E-state index contributed by atoms with van der Waals surface area (Å²) in [5.74, 6) is -4.11. The second-order valence-corrected chi connectivity index (χ2v) is 14.7. The van der Waals surface area contributed by atoms with E-state index < -0.39 is 23.6 Å². The molecule has 0 spiro atoms. The Labute approximate surface area is 357 Å². The van der Waals surface area contributed by atoms with Gasteiger partial charge in [0.25, 0.3) is 11.8 Å². The number of amides is 3. The fourth-order valence-corrected chi connectivity index (χ4v) is 6.78. The highest BCUT2D eigenvalue weighted by atomic mass is 16.3. The van der Waals surface area contributed by atoms with Crippen LogP contribution in [0.2, 0.25) is 0 Å². The molecule has 0 radical (unpaired) electrons. The number of nitrogens with one attached hydrogen (secondary N) is 3. The van der Waals surface area contributed by atoms with Gasteiger partial charge in [0.15, 0.2) is 17.3 Å². The van der Waals surface area contributed by atoms with Crippen molar-refractivity contribution in [2.75, 3.05) is 16.0 Å². The number of rotatable bonds is 15. The first-order valence-corrected chi connectivity index (χ1v) is 19.6. The van der Waals surface area contributed by atoms with Crippen molar-refractivity contribution in [1.29, 1.82) is 5.26 Å². The van der Waals surface area contributed by atoms with Crippen LogP contribution in [0, 0.1) is 31.1 Å². The molecule has 1 unspecified atom stereocenters. The standard InChI is InChI=1S/C50H42N4O8/c1-29-43(22-20-40(31(3)55)46(29)58)54-50(62)41-21-23-42(30(2)47(41)59)53-48(60)35-16-18-39(19-17-35)52-49(61)38(24-25-51)28-45(57)34-14-12-32(13-15-34)26-44(56)37-11-7-10-36(27-37)33-8-5-4-6-9-33/h4-23,27,38,58-59H,24,26,28H2,1-3H3,(H,52,61)(H,53,60)(H,54,62). The molecule has 0 aliphatic carbocycles. The van der Waals surface area contributed by atoms with E-state index in [1.54, 1.807) is 37.3 Å². The Hall–Kier alpha value is -8.17. The predicted molar refractivity (Wildman–Crippen MR) is 236 cm³/mol. The molecule has 0 aromatic heterocycles. The van der Waals surface area contributed by atoms with Crippen LogP contribution in [0.4, 0.5) is 17.1 Å². The van der Waals surface area contributed by atoms with Crippen LogP contribution in [-0.2, 0) is 11.2 Å². The summed E-state index contributed by atoms with van der Waals surface area (Å²) < 4.78 is 0. The predicted octanol–water partition coefficient (Wildman–Crippen LogP) is 9.26. The number of hydrogen-bond acceptors (Lipinski definition) is 9. The van der Waals surface area contributed by atoms with Gasteiger partial charge in [0.2, 0.25) is 5.91 Å². The normalized spacial score (nSPS) is 11.1. The molecule has 0 heterocycles. The number of anilines is 3. The van der Waals surface area contributed by atoms with Crippen LogP contribution >= 0.6 is 0 Å². The third-order valence-electron chi connectivity index (χ3n) is 10.5. The largest absolute Gasteiger partial charge is 0.507 e. The van der Waals surface area contributed by atoms with E-state index in [4.69, 9.17) is 0 Å². The lowest BCUT2D eigenvalue weighted by atomic mass is 9.93. The van der Waals surface area contributed by atoms with Crippen LogP contribution in [0.25, 0.3) is 11.1 Å². The molecule has 0 aliphatic heterocycles. The average molecular weight is 827 g/mol. The molecule has 62 heavy (non-hydrogen) atoms. The maximum Gasteiger partial charge on any atom is 0.259 e. The van der Waals surface area contributed by atoms with Crippen molar-refractivity contribution in [2.24, 2.45) is 5.92 Å². The van der Waals surface area contributed by atoms with Crippen molar-refractivity contribution >= 4 is 52.1 Å². The summed E-state index contributed by atoms with van der Waals surface area (Å²) in [6, 6.07) is 37.4. The molecular formula is C50H42N4O8. The summed E-state index contributed by atoms with van der Waals surface area (Å²) in [7, 11) is 0. The highest BCUT2D eigenvalue weighted by molar-refractivity contribution is 6.10. The van der Waals surface area contributed by atoms with E-state index in [-0.39, 0.29) is 87.3 Å². The lowest BCUT2D eigenvalue weighted by Gasteiger charge is -2.15. The van der Waals surface area contributed by atoms with Gasteiger partial charge in [-0.3, -0.25) is 28.8 Å². The number of carbonyl (C=O) groups is 6. The highest BCUT2D eigenvalue weighted by Crippen LogP contribution is 2.33. The number of nitriles is 1. The molecule has 12 nitrogen and oxygen atoms in total. The number of phenolic OH excluding ortho intramolecular Hbond substituents is 2. The van der Waals surface area contributed by atoms with Gasteiger partial charge in [0.05, 0.1) is 23.1 Å². The third kappa shape index (κ3) is 10.2. The van der Waals surface area contributed by atoms with E-state index in [1.807, 2.05) is 54.6 Å². The minimum Gasteiger partial charge on any atom is -0.507 e. The number of phenols is 2. The third-order valence-corrected chi connectivity index (χ3v) is 10.5. The molecule has 0 aliphatic rings. The monoisotopic (exact) mass is 826 g/mol.